The van der Waals surface area contributed by atoms with Gasteiger partial charge in [0.1, 0.15) is 6.33 Å². The van der Waals surface area contributed by atoms with Crippen molar-refractivity contribution in [2.75, 3.05) is 5.73 Å². The summed E-state index contributed by atoms with van der Waals surface area (Å²) in [7, 11) is 0. The fourth-order valence-corrected chi connectivity index (χ4v) is 0.564. The molecule has 0 radical (unpaired) electrons. The summed E-state index contributed by atoms with van der Waals surface area (Å²) in [4.78, 5) is 11.5. The number of nitrogens with zero attached hydrogens (tertiary/aromatic N) is 3. The van der Waals surface area contributed by atoms with Crippen LogP contribution in [0, 0.1) is 0 Å². The lowest BCUT2D eigenvalue weighted by Crippen LogP contribution is -1.88. The second-order valence-electron chi connectivity index (χ2n) is 1.69. The molecule has 0 aliphatic rings. The minimum Gasteiger partial charge on any atom is -0.394 e. The second-order valence-corrected chi connectivity index (χ2v) is 1.69. The number of nitrogens with two attached hydrogens (primary N) is 1. The Morgan fingerprint density at radius 2 is 2.50 bits per heavy atom. The van der Waals surface area contributed by atoms with Crippen molar-refractivity contribution in [3.05, 3.63) is 12.5 Å². The number of rotatable bonds is 1. The summed E-state index contributed by atoms with van der Waals surface area (Å²) in [5.74, 6) is 0.525. The van der Waals surface area contributed by atoms with Crippen LogP contribution in [0.5, 0.6) is 0 Å². The van der Waals surface area contributed by atoms with E-state index in [0.717, 1.165) is 0 Å². The van der Waals surface area contributed by atoms with Crippen molar-refractivity contribution in [3.8, 4) is 0 Å². The molecule has 0 aliphatic carbocycles. The zero-order valence-electron chi connectivity index (χ0n) is 5.65. The van der Waals surface area contributed by atoms with Gasteiger partial charge < -0.3 is 5.73 Å². The van der Waals surface area contributed by atoms with E-state index in [1.807, 2.05) is 6.92 Å². The highest BCUT2D eigenvalue weighted by molar-refractivity contribution is 5.65. The molecule has 4 nitrogen and oxygen atoms in total. The van der Waals surface area contributed by atoms with E-state index in [1.54, 1.807) is 6.21 Å². The quantitative estimate of drug-likeness (QED) is 0.580. The predicted molar refractivity (Wildman–Crippen MR) is 40.3 cm³/mol. The Hall–Kier alpha value is -1.45. The Labute approximate surface area is 58.8 Å². The number of nitrogen functional groups attached to an aromatic ring is 1. The SMILES string of the molecule is CC=Nc1ncncc1N. The second kappa shape index (κ2) is 2.91. The molecular weight excluding hydrogens is 128 g/mol. The average molecular weight is 136 g/mol. The molecule has 52 valence electrons. The van der Waals surface area contributed by atoms with Gasteiger partial charge in [0.2, 0.25) is 0 Å². The van der Waals surface area contributed by atoms with E-state index < -0.39 is 0 Å². The summed E-state index contributed by atoms with van der Waals surface area (Å²) >= 11 is 0. The zero-order valence-corrected chi connectivity index (χ0v) is 5.65. The fraction of sp³-hybridized carbons (Fsp3) is 0.167. The third-order valence-corrected chi connectivity index (χ3v) is 0.970. The van der Waals surface area contributed by atoms with Gasteiger partial charge in [-0.05, 0) is 6.92 Å². The number of aliphatic imine (C=N–C) groups is 1. The number of anilines is 1. The van der Waals surface area contributed by atoms with Crippen molar-refractivity contribution in [2.45, 2.75) is 6.92 Å². The molecule has 0 atom stereocenters. The lowest BCUT2D eigenvalue weighted by Gasteiger charge is -1.93. The maximum Gasteiger partial charge on any atom is 0.178 e. The monoisotopic (exact) mass is 136 g/mol. The largest absolute Gasteiger partial charge is 0.394 e. The molecule has 2 N–H and O–H groups in total. The average Bonchev–Trinajstić information content (AvgIpc) is 1.94. The highest BCUT2D eigenvalue weighted by Gasteiger charge is 1.92. The van der Waals surface area contributed by atoms with E-state index in [0.29, 0.717) is 11.5 Å². The topological polar surface area (TPSA) is 64.2 Å². The molecule has 10 heavy (non-hydrogen) atoms. The number of aromatic nitrogens is 2. The van der Waals surface area contributed by atoms with Gasteiger partial charge in [-0.3, -0.25) is 0 Å². The van der Waals surface area contributed by atoms with Crippen molar-refractivity contribution in [2.24, 2.45) is 4.99 Å². The molecule has 1 rings (SSSR count). The van der Waals surface area contributed by atoms with Gasteiger partial charge in [0.15, 0.2) is 5.82 Å². The summed E-state index contributed by atoms with van der Waals surface area (Å²) < 4.78 is 0. The van der Waals surface area contributed by atoms with Gasteiger partial charge in [0.05, 0.1) is 11.9 Å². The van der Waals surface area contributed by atoms with Gasteiger partial charge in [0.25, 0.3) is 0 Å². The van der Waals surface area contributed by atoms with E-state index >= 15 is 0 Å². The first-order chi connectivity index (χ1) is 4.84. The Morgan fingerprint density at radius 3 is 3.10 bits per heavy atom. The van der Waals surface area contributed by atoms with E-state index in [-0.39, 0.29) is 0 Å². The molecule has 0 aliphatic heterocycles. The Balaban J connectivity index is 3.03. The van der Waals surface area contributed by atoms with E-state index in [2.05, 4.69) is 15.0 Å². The summed E-state index contributed by atoms with van der Waals surface area (Å²) in [6.45, 7) is 1.81. The Kier molecular flexibility index (Phi) is 1.94. The molecule has 0 unspecified atom stereocenters. The minimum absolute atomic E-state index is 0.501. The van der Waals surface area contributed by atoms with Gasteiger partial charge >= 0.3 is 0 Å². The maximum atomic E-state index is 5.47. The number of hydrogen-bond acceptors (Lipinski definition) is 4. The van der Waals surface area contributed by atoms with Crippen LogP contribution in [0.4, 0.5) is 11.5 Å². The Morgan fingerprint density at radius 1 is 1.70 bits per heavy atom. The van der Waals surface area contributed by atoms with Crippen LogP contribution < -0.4 is 5.73 Å². The molecule has 0 fully saturated rings. The number of hydrogen-bond donors (Lipinski definition) is 1. The van der Waals surface area contributed by atoms with Gasteiger partial charge in [-0.2, -0.15) is 0 Å². The highest BCUT2D eigenvalue weighted by Crippen LogP contribution is 2.13. The molecule has 1 heterocycles. The van der Waals surface area contributed by atoms with Crippen LogP contribution >= 0.6 is 0 Å². The van der Waals surface area contributed by atoms with Crippen molar-refractivity contribution in [1.82, 2.24) is 9.97 Å². The van der Waals surface area contributed by atoms with Crippen LogP contribution in [0.25, 0.3) is 0 Å². The molecule has 4 heteroatoms. The van der Waals surface area contributed by atoms with E-state index in [4.69, 9.17) is 5.73 Å². The van der Waals surface area contributed by atoms with Crippen LogP contribution in [0.15, 0.2) is 17.5 Å². The summed E-state index contributed by atoms with van der Waals surface area (Å²) in [6, 6.07) is 0. The summed E-state index contributed by atoms with van der Waals surface area (Å²) in [5, 5.41) is 0. The Bertz CT molecular complexity index is 243. The molecule has 1 aromatic rings. The molecule has 0 aromatic carbocycles. The molecule has 0 amide bonds. The highest BCUT2D eigenvalue weighted by atomic mass is 15.0. The van der Waals surface area contributed by atoms with Crippen molar-refractivity contribution in [3.63, 3.8) is 0 Å². The molecule has 0 saturated heterocycles. The van der Waals surface area contributed by atoms with Crippen molar-refractivity contribution < 1.29 is 0 Å². The van der Waals surface area contributed by atoms with Crippen LogP contribution in [0.1, 0.15) is 6.92 Å². The van der Waals surface area contributed by atoms with Gasteiger partial charge in [0, 0.05) is 6.21 Å². The van der Waals surface area contributed by atoms with Crippen LogP contribution in [0.3, 0.4) is 0 Å². The maximum absolute atomic E-state index is 5.47. The summed E-state index contributed by atoms with van der Waals surface area (Å²) in [5.41, 5.74) is 5.97. The molecule has 0 saturated carbocycles. The normalized spacial score (nSPS) is 10.5. The van der Waals surface area contributed by atoms with Gasteiger partial charge in [-0.15, -0.1) is 0 Å². The van der Waals surface area contributed by atoms with Crippen molar-refractivity contribution >= 4 is 17.7 Å². The van der Waals surface area contributed by atoms with Crippen LogP contribution in [0.2, 0.25) is 0 Å². The van der Waals surface area contributed by atoms with Crippen molar-refractivity contribution in [1.29, 1.82) is 0 Å². The van der Waals surface area contributed by atoms with Gasteiger partial charge in [-0.25, -0.2) is 15.0 Å². The zero-order chi connectivity index (χ0) is 7.40. The third-order valence-electron chi connectivity index (χ3n) is 0.970. The lowest BCUT2D eigenvalue weighted by atomic mass is 10.5. The fourth-order valence-electron chi connectivity index (χ4n) is 0.564. The molecular formula is C6H8N4. The van der Waals surface area contributed by atoms with Crippen LogP contribution in [-0.4, -0.2) is 16.2 Å². The predicted octanol–water partition coefficient (Wildman–Crippen LogP) is 0.781. The van der Waals surface area contributed by atoms with E-state index in [1.165, 1.54) is 12.5 Å². The molecule has 1 aromatic heterocycles. The smallest absolute Gasteiger partial charge is 0.178 e. The molecule has 0 bridgehead atoms. The minimum atomic E-state index is 0.501. The first-order valence-electron chi connectivity index (χ1n) is 2.88. The van der Waals surface area contributed by atoms with E-state index in [9.17, 15) is 0 Å². The van der Waals surface area contributed by atoms with Crippen LogP contribution in [-0.2, 0) is 0 Å². The lowest BCUT2D eigenvalue weighted by molar-refractivity contribution is 1.16. The third kappa shape index (κ3) is 1.28. The van der Waals surface area contributed by atoms with Gasteiger partial charge in [-0.1, -0.05) is 0 Å². The summed E-state index contributed by atoms with van der Waals surface area (Å²) in [6.07, 6.45) is 4.58. The molecule has 0 spiro atoms. The first kappa shape index (κ1) is 6.67. The standard InChI is InChI=1S/C6H8N4/c1-2-9-6-5(7)3-8-4-10-6/h2-4H,7H2,1H3. The first-order valence-corrected chi connectivity index (χ1v) is 2.88.